The van der Waals surface area contributed by atoms with Gasteiger partial charge in [-0.15, -0.1) is 0 Å². The summed E-state index contributed by atoms with van der Waals surface area (Å²) in [5.74, 6) is -2.51. The van der Waals surface area contributed by atoms with E-state index < -0.39 is 23.3 Å². The lowest BCUT2D eigenvalue weighted by Crippen LogP contribution is -2.23. The van der Waals surface area contributed by atoms with Crippen LogP contribution in [0.1, 0.15) is 47.5 Å². The van der Waals surface area contributed by atoms with Crippen molar-refractivity contribution in [2.45, 2.75) is 37.8 Å². The van der Waals surface area contributed by atoms with E-state index in [1.165, 1.54) is 0 Å². The van der Waals surface area contributed by atoms with Gasteiger partial charge in [-0.05, 0) is 42.5 Å². The quantitative estimate of drug-likeness (QED) is 0.574. The number of ketones is 1. The van der Waals surface area contributed by atoms with E-state index in [0.717, 1.165) is 43.9 Å². The number of Topliss-reactive ketones (excluding diaryl/α,β-unsaturated/α-hetero) is 1. The standard InChI is InChI=1S/C13H12F4O/c14-11-6-5-9(12(18)13(15,16)17)7-10(11)8-3-1-2-4-8/h5-8H,1-4H2. The van der Waals surface area contributed by atoms with E-state index in [2.05, 4.69) is 0 Å². The largest absolute Gasteiger partial charge is 0.454 e. The predicted molar refractivity (Wildman–Crippen MR) is 58.0 cm³/mol. The molecule has 0 saturated heterocycles. The van der Waals surface area contributed by atoms with Crippen LogP contribution in [0, 0.1) is 5.82 Å². The summed E-state index contributed by atoms with van der Waals surface area (Å²) >= 11 is 0. The molecule has 0 radical (unpaired) electrons. The van der Waals surface area contributed by atoms with Gasteiger partial charge in [0.25, 0.3) is 5.78 Å². The number of benzene rings is 1. The minimum absolute atomic E-state index is 0.0639. The lowest BCUT2D eigenvalue weighted by atomic mass is 9.94. The highest BCUT2D eigenvalue weighted by atomic mass is 19.4. The van der Waals surface area contributed by atoms with Crippen molar-refractivity contribution in [3.05, 3.63) is 35.1 Å². The number of halogens is 4. The topological polar surface area (TPSA) is 17.1 Å². The number of carbonyl (C=O) groups excluding carboxylic acids is 1. The molecular formula is C13H12F4O. The zero-order chi connectivity index (χ0) is 13.3. The average Bonchev–Trinajstić information content (AvgIpc) is 2.81. The molecule has 0 heterocycles. The van der Waals surface area contributed by atoms with E-state index in [0.29, 0.717) is 0 Å². The monoisotopic (exact) mass is 260 g/mol. The van der Waals surface area contributed by atoms with Crippen molar-refractivity contribution in [1.82, 2.24) is 0 Å². The number of rotatable bonds is 2. The molecule has 0 unspecified atom stereocenters. The van der Waals surface area contributed by atoms with E-state index in [1.54, 1.807) is 0 Å². The van der Waals surface area contributed by atoms with Gasteiger partial charge in [0.15, 0.2) is 0 Å². The van der Waals surface area contributed by atoms with Crippen LogP contribution in [0.5, 0.6) is 0 Å². The minimum atomic E-state index is -4.91. The summed E-state index contributed by atoms with van der Waals surface area (Å²) in [5, 5.41) is 0. The first-order chi connectivity index (χ1) is 8.39. The van der Waals surface area contributed by atoms with Crippen molar-refractivity contribution < 1.29 is 22.4 Å². The summed E-state index contributed by atoms with van der Waals surface area (Å²) in [6.07, 6.45) is -1.49. The molecule has 1 fully saturated rings. The molecule has 1 aromatic rings. The van der Waals surface area contributed by atoms with Gasteiger partial charge >= 0.3 is 6.18 Å². The van der Waals surface area contributed by atoms with Crippen LogP contribution in [0.4, 0.5) is 17.6 Å². The first-order valence-corrected chi connectivity index (χ1v) is 5.80. The second-order valence-corrected chi connectivity index (χ2v) is 4.54. The highest BCUT2D eigenvalue weighted by molar-refractivity contribution is 6.00. The summed E-state index contributed by atoms with van der Waals surface area (Å²) in [5.41, 5.74) is -0.242. The highest BCUT2D eigenvalue weighted by Crippen LogP contribution is 2.36. The molecule has 1 aliphatic carbocycles. The maximum Gasteiger partial charge on any atom is 0.454 e. The van der Waals surface area contributed by atoms with Gasteiger partial charge in [0.2, 0.25) is 0 Å². The molecule has 0 aliphatic heterocycles. The highest BCUT2D eigenvalue weighted by Gasteiger charge is 2.39. The van der Waals surface area contributed by atoms with E-state index >= 15 is 0 Å². The molecule has 1 aromatic carbocycles. The Balaban J connectivity index is 2.34. The van der Waals surface area contributed by atoms with Gasteiger partial charge in [-0.2, -0.15) is 13.2 Å². The Morgan fingerprint density at radius 3 is 2.33 bits per heavy atom. The predicted octanol–water partition coefficient (Wildman–Crippen LogP) is 4.23. The summed E-state index contributed by atoms with van der Waals surface area (Å²) in [6, 6.07) is 2.90. The van der Waals surface area contributed by atoms with E-state index in [1.807, 2.05) is 0 Å². The third-order valence-corrected chi connectivity index (χ3v) is 3.31. The Bertz CT molecular complexity index is 459. The SMILES string of the molecule is O=C(c1ccc(F)c(C2CCCC2)c1)C(F)(F)F. The third kappa shape index (κ3) is 2.54. The lowest BCUT2D eigenvalue weighted by Gasteiger charge is -2.13. The van der Waals surface area contributed by atoms with Crippen LogP contribution in [0.2, 0.25) is 0 Å². The van der Waals surface area contributed by atoms with Gasteiger partial charge < -0.3 is 0 Å². The Hall–Kier alpha value is -1.39. The van der Waals surface area contributed by atoms with Crippen molar-refractivity contribution in [2.75, 3.05) is 0 Å². The smallest absolute Gasteiger partial charge is 0.284 e. The van der Waals surface area contributed by atoms with Gasteiger partial charge in [-0.3, -0.25) is 4.79 Å². The fraction of sp³-hybridized carbons (Fsp3) is 0.462. The lowest BCUT2D eigenvalue weighted by molar-refractivity contribution is -0.0885. The summed E-state index contributed by atoms with van der Waals surface area (Å²) in [6.45, 7) is 0. The van der Waals surface area contributed by atoms with Crippen LogP contribution < -0.4 is 0 Å². The van der Waals surface area contributed by atoms with Crippen molar-refractivity contribution >= 4 is 5.78 Å². The first kappa shape index (κ1) is 13.1. The van der Waals surface area contributed by atoms with Crippen LogP contribution in [0.15, 0.2) is 18.2 Å². The average molecular weight is 260 g/mol. The van der Waals surface area contributed by atoms with Crippen molar-refractivity contribution in [3.8, 4) is 0 Å². The zero-order valence-corrected chi connectivity index (χ0v) is 9.56. The molecule has 1 saturated carbocycles. The fourth-order valence-corrected chi connectivity index (χ4v) is 2.40. The Morgan fingerprint density at radius 1 is 1.17 bits per heavy atom. The molecule has 1 nitrogen and oxygen atoms in total. The fourth-order valence-electron chi connectivity index (χ4n) is 2.40. The van der Waals surface area contributed by atoms with Crippen LogP contribution in [0.25, 0.3) is 0 Å². The molecule has 0 amide bonds. The molecule has 98 valence electrons. The first-order valence-electron chi connectivity index (χ1n) is 5.80. The zero-order valence-electron chi connectivity index (χ0n) is 9.56. The van der Waals surface area contributed by atoms with Crippen molar-refractivity contribution in [1.29, 1.82) is 0 Å². The molecule has 1 aliphatic rings. The number of alkyl halides is 3. The van der Waals surface area contributed by atoms with Gasteiger partial charge in [0.1, 0.15) is 5.82 Å². The minimum Gasteiger partial charge on any atom is -0.284 e. The van der Waals surface area contributed by atoms with E-state index in [-0.39, 0.29) is 11.5 Å². The number of hydrogen-bond donors (Lipinski definition) is 0. The van der Waals surface area contributed by atoms with E-state index in [4.69, 9.17) is 0 Å². The molecule has 0 spiro atoms. The Morgan fingerprint density at radius 2 is 1.78 bits per heavy atom. The van der Waals surface area contributed by atoms with Gasteiger partial charge in [-0.25, -0.2) is 4.39 Å². The second kappa shape index (κ2) is 4.71. The second-order valence-electron chi connectivity index (χ2n) is 4.54. The summed E-state index contributed by atoms with van der Waals surface area (Å²) < 4.78 is 50.5. The van der Waals surface area contributed by atoms with Crippen LogP contribution >= 0.6 is 0 Å². The molecule has 0 aromatic heterocycles. The summed E-state index contributed by atoms with van der Waals surface area (Å²) in [7, 11) is 0. The maximum absolute atomic E-state index is 13.6. The Labute approximate surface area is 102 Å². The molecule has 0 bridgehead atoms. The van der Waals surface area contributed by atoms with Gasteiger partial charge in [-0.1, -0.05) is 12.8 Å². The van der Waals surface area contributed by atoms with E-state index in [9.17, 15) is 22.4 Å². The van der Waals surface area contributed by atoms with Crippen LogP contribution in [-0.2, 0) is 0 Å². The maximum atomic E-state index is 13.6. The molecule has 18 heavy (non-hydrogen) atoms. The number of carbonyl (C=O) groups is 1. The number of hydrogen-bond acceptors (Lipinski definition) is 1. The molecule has 5 heteroatoms. The molecular weight excluding hydrogens is 248 g/mol. The van der Waals surface area contributed by atoms with Crippen molar-refractivity contribution in [3.63, 3.8) is 0 Å². The van der Waals surface area contributed by atoms with Gasteiger partial charge in [0, 0.05) is 5.56 Å². The van der Waals surface area contributed by atoms with Crippen LogP contribution in [-0.4, -0.2) is 12.0 Å². The Kier molecular flexibility index (Phi) is 3.41. The van der Waals surface area contributed by atoms with Gasteiger partial charge in [0.05, 0.1) is 0 Å². The van der Waals surface area contributed by atoms with Crippen molar-refractivity contribution in [2.24, 2.45) is 0 Å². The summed E-state index contributed by atoms with van der Waals surface area (Å²) in [4.78, 5) is 11.1. The molecule has 0 N–H and O–H groups in total. The van der Waals surface area contributed by atoms with Crippen LogP contribution in [0.3, 0.4) is 0 Å². The molecule has 0 atom stereocenters. The normalized spacial score (nSPS) is 17.1. The third-order valence-electron chi connectivity index (χ3n) is 3.31. The molecule has 2 rings (SSSR count).